The number of rotatable bonds is 3. The molecule has 0 bridgehead atoms. The molecule has 2 aromatic rings. The van der Waals surface area contributed by atoms with Crippen LogP contribution in [0.1, 0.15) is 25.0 Å². The molecule has 0 heterocycles. The van der Waals surface area contributed by atoms with Crippen LogP contribution < -0.4 is 5.73 Å². The van der Waals surface area contributed by atoms with Gasteiger partial charge in [0.2, 0.25) is 0 Å². The van der Waals surface area contributed by atoms with Crippen LogP contribution >= 0.6 is 0 Å². The van der Waals surface area contributed by atoms with Crippen molar-refractivity contribution >= 4 is 5.69 Å². The number of phenolic OH excluding ortho intramolecular Hbond substituents is 1. The van der Waals surface area contributed by atoms with Crippen molar-refractivity contribution in [2.75, 3.05) is 5.73 Å². The van der Waals surface area contributed by atoms with E-state index in [9.17, 15) is 5.11 Å². The molecule has 3 N–H and O–H groups in total. The average Bonchev–Trinajstić information content (AvgIpc) is 2.32. The fourth-order valence-electron chi connectivity index (χ4n) is 2.16. The first-order valence-electron chi connectivity index (χ1n) is 6.11. The van der Waals surface area contributed by atoms with E-state index in [0.29, 0.717) is 5.75 Å². The Morgan fingerprint density at radius 2 is 1.50 bits per heavy atom. The summed E-state index contributed by atoms with van der Waals surface area (Å²) < 4.78 is 0. The van der Waals surface area contributed by atoms with Gasteiger partial charge in [-0.15, -0.1) is 0 Å². The first-order valence-corrected chi connectivity index (χ1v) is 6.11. The van der Waals surface area contributed by atoms with Crippen LogP contribution in [0, 0.1) is 0 Å². The van der Waals surface area contributed by atoms with Crippen molar-refractivity contribution in [3.05, 3.63) is 59.7 Å². The molecule has 0 aliphatic rings. The second kappa shape index (κ2) is 4.73. The predicted octanol–water partition coefficient (Wildman–Crippen LogP) is 3.49. The molecule has 0 aliphatic heterocycles. The first-order chi connectivity index (χ1) is 8.47. The van der Waals surface area contributed by atoms with Gasteiger partial charge >= 0.3 is 0 Å². The molecule has 0 radical (unpaired) electrons. The standard InChI is InChI=1S/C16H19NO/c1-16(2,13-5-7-14(17)8-6-13)11-12-3-9-15(18)10-4-12/h3-10,18H,11,17H2,1-2H3. The number of hydrogen-bond acceptors (Lipinski definition) is 2. The van der Waals surface area contributed by atoms with Crippen molar-refractivity contribution < 1.29 is 5.11 Å². The maximum Gasteiger partial charge on any atom is 0.115 e. The predicted molar refractivity (Wildman–Crippen MR) is 75.7 cm³/mol. The molecule has 0 fully saturated rings. The summed E-state index contributed by atoms with van der Waals surface area (Å²) in [7, 11) is 0. The molecular weight excluding hydrogens is 222 g/mol. The van der Waals surface area contributed by atoms with E-state index in [1.807, 2.05) is 24.3 Å². The molecule has 2 rings (SSSR count). The van der Waals surface area contributed by atoms with Gasteiger partial charge < -0.3 is 10.8 Å². The Bertz CT molecular complexity index is 512. The second-order valence-corrected chi connectivity index (χ2v) is 5.35. The zero-order valence-corrected chi connectivity index (χ0v) is 10.9. The van der Waals surface area contributed by atoms with Gasteiger partial charge in [0.1, 0.15) is 5.75 Å². The van der Waals surface area contributed by atoms with Crippen molar-refractivity contribution in [3.8, 4) is 5.75 Å². The minimum atomic E-state index is 0.0463. The van der Waals surface area contributed by atoms with Gasteiger partial charge in [-0.05, 0) is 47.2 Å². The van der Waals surface area contributed by atoms with Gasteiger partial charge in [-0.3, -0.25) is 0 Å². The van der Waals surface area contributed by atoms with E-state index in [0.717, 1.165) is 12.1 Å². The highest BCUT2D eigenvalue weighted by Gasteiger charge is 2.20. The van der Waals surface area contributed by atoms with Crippen LogP contribution in [-0.4, -0.2) is 5.11 Å². The Morgan fingerprint density at radius 3 is 2.06 bits per heavy atom. The van der Waals surface area contributed by atoms with Crippen molar-refractivity contribution in [1.82, 2.24) is 0 Å². The molecule has 2 nitrogen and oxygen atoms in total. The second-order valence-electron chi connectivity index (χ2n) is 5.35. The molecular formula is C16H19NO. The van der Waals surface area contributed by atoms with Gasteiger partial charge in [-0.1, -0.05) is 38.1 Å². The zero-order chi connectivity index (χ0) is 13.2. The summed E-state index contributed by atoms with van der Waals surface area (Å²) >= 11 is 0. The summed E-state index contributed by atoms with van der Waals surface area (Å²) in [5.74, 6) is 0.309. The summed E-state index contributed by atoms with van der Waals surface area (Å²) in [4.78, 5) is 0. The zero-order valence-electron chi connectivity index (χ0n) is 10.9. The van der Waals surface area contributed by atoms with E-state index in [-0.39, 0.29) is 5.41 Å². The highest BCUT2D eigenvalue weighted by Crippen LogP contribution is 2.28. The number of nitrogens with two attached hydrogens (primary N) is 1. The number of aromatic hydroxyl groups is 1. The van der Waals surface area contributed by atoms with E-state index in [1.54, 1.807) is 12.1 Å². The fourth-order valence-corrected chi connectivity index (χ4v) is 2.16. The Labute approximate surface area is 108 Å². The van der Waals surface area contributed by atoms with Crippen molar-refractivity contribution in [2.24, 2.45) is 0 Å². The minimum Gasteiger partial charge on any atom is -0.508 e. The lowest BCUT2D eigenvalue weighted by Gasteiger charge is -2.25. The van der Waals surface area contributed by atoms with Crippen LogP contribution in [0.15, 0.2) is 48.5 Å². The van der Waals surface area contributed by atoms with Crippen molar-refractivity contribution in [1.29, 1.82) is 0 Å². The highest BCUT2D eigenvalue weighted by molar-refractivity contribution is 5.42. The molecule has 0 aliphatic carbocycles. The Hall–Kier alpha value is -1.96. The lowest BCUT2D eigenvalue weighted by Crippen LogP contribution is -2.20. The van der Waals surface area contributed by atoms with Gasteiger partial charge in [-0.2, -0.15) is 0 Å². The van der Waals surface area contributed by atoms with Crippen LogP contribution in [-0.2, 0) is 11.8 Å². The molecule has 0 unspecified atom stereocenters. The lowest BCUT2D eigenvalue weighted by molar-refractivity contribution is 0.474. The quantitative estimate of drug-likeness (QED) is 0.808. The molecule has 2 heteroatoms. The monoisotopic (exact) mass is 241 g/mol. The van der Waals surface area contributed by atoms with Crippen LogP contribution in [0.25, 0.3) is 0 Å². The smallest absolute Gasteiger partial charge is 0.115 e. The average molecular weight is 241 g/mol. The summed E-state index contributed by atoms with van der Waals surface area (Å²) in [5.41, 5.74) is 9.03. The van der Waals surface area contributed by atoms with Gasteiger partial charge in [0.15, 0.2) is 0 Å². The summed E-state index contributed by atoms with van der Waals surface area (Å²) in [6.45, 7) is 4.43. The number of nitrogen functional groups attached to an aromatic ring is 1. The van der Waals surface area contributed by atoms with E-state index in [1.165, 1.54) is 11.1 Å². The maximum absolute atomic E-state index is 9.29. The number of phenols is 1. The fraction of sp³-hybridized carbons (Fsp3) is 0.250. The Balaban J connectivity index is 2.20. The topological polar surface area (TPSA) is 46.2 Å². The van der Waals surface area contributed by atoms with Gasteiger partial charge in [0.25, 0.3) is 0 Å². The number of benzene rings is 2. The van der Waals surface area contributed by atoms with E-state index >= 15 is 0 Å². The van der Waals surface area contributed by atoms with Gasteiger partial charge in [-0.25, -0.2) is 0 Å². The molecule has 0 atom stereocenters. The van der Waals surface area contributed by atoms with Crippen LogP contribution in [0.4, 0.5) is 5.69 Å². The minimum absolute atomic E-state index is 0.0463. The van der Waals surface area contributed by atoms with Crippen molar-refractivity contribution in [2.45, 2.75) is 25.7 Å². The molecule has 0 amide bonds. The number of hydrogen-bond donors (Lipinski definition) is 2. The van der Waals surface area contributed by atoms with Crippen LogP contribution in [0.2, 0.25) is 0 Å². The van der Waals surface area contributed by atoms with Crippen LogP contribution in [0.5, 0.6) is 5.75 Å². The molecule has 2 aromatic carbocycles. The Morgan fingerprint density at radius 1 is 0.944 bits per heavy atom. The SMILES string of the molecule is CC(C)(Cc1ccc(O)cc1)c1ccc(N)cc1. The van der Waals surface area contributed by atoms with Crippen molar-refractivity contribution in [3.63, 3.8) is 0 Å². The number of anilines is 1. The first kappa shape index (κ1) is 12.5. The highest BCUT2D eigenvalue weighted by atomic mass is 16.3. The third-order valence-electron chi connectivity index (χ3n) is 3.27. The summed E-state index contributed by atoms with van der Waals surface area (Å²) in [6.07, 6.45) is 0.928. The normalized spacial score (nSPS) is 11.4. The molecule has 18 heavy (non-hydrogen) atoms. The lowest BCUT2D eigenvalue weighted by atomic mass is 9.79. The summed E-state index contributed by atoms with van der Waals surface area (Å²) in [6, 6.07) is 15.4. The molecule has 0 aromatic heterocycles. The van der Waals surface area contributed by atoms with Crippen LogP contribution in [0.3, 0.4) is 0 Å². The maximum atomic E-state index is 9.29. The molecule has 94 valence electrons. The summed E-state index contributed by atoms with van der Waals surface area (Å²) in [5, 5.41) is 9.29. The molecule has 0 saturated heterocycles. The third-order valence-corrected chi connectivity index (χ3v) is 3.27. The van der Waals surface area contributed by atoms with E-state index in [2.05, 4.69) is 26.0 Å². The molecule has 0 saturated carbocycles. The molecule has 0 spiro atoms. The van der Waals surface area contributed by atoms with Gasteiger partial charge in [0, 0.05) is 5.69 Å². The van der Waals surface area contributed by atoms with Gasteiger partial charge in [0.05, 0.1) is 0 Å². The van der Waals surface area contributed by atoms with E-state index < -0.39 is 0 Å². The van der Waals surface area contributed by atoms with E-state index in [4.69, 9.17) is 5.73 Å². The third kappa shape index (κ3) is 2.83. The largest absolute Gasteiger partial charge is 0.508 e. The Kier molecular flexibility index (Phi) is 3.28.